The molecule has 0 fully saturated rings. The first-order chi connectivity index (χ1) is 9.11. The maximum absolute atomic E-state index is 12.3. The normalized spacial score (nSPS) is 12.1. The minimum atomic E-state index is -0.483. The summed E-state index contributed by atoms with van der Waals surface area (Å²) in [6.45, 7) is 3.90. The molecule has 0 saturated carbocycles. The van der Waals surface area contributed by atoms with Gasteiger partial charge in [0.05, 0.1) is 10.6 Å². The molecule has 0 amide bonds. The van der Waals surface area contributed by atoms with Crippen LogP contribution >= 0.6 is 11.3 Å². The average molecular weight is 275 g/mol. The van der Waals surface area contributed by atoms with Crippen LogP contribution in [0, 0.1) is 6.92 Å². The second-order valence-corrected chi connectivity index (χ2v) is 5.35. The van der Waals surface area contributed by atoms with Gasteiger partial charge in [0.1, 0.15) is 5.75 Å². The number of carbonyl (C=O) groups is 1. The summed E-state index contributed by atoms with van der Waals surface area (Å²) in [4.78, 5) is 13.0. The summed E-state index contributed by atoms with van der Waals surface area (Å²) in [7, 11) is 0. The molecule has 0 aliphatic carbocycles. The number of nitrogen functional groups attached to an aromatic ring is 1. The fourth-order valence-electron chi connectivity index (χ4n) is 1.83. The smallest absolute Gasteiger partial charge is 0.213 e. The lowest BCUT2D eigenvalue weighted by Crippen LogP contribution is -2.26. The Balaban J connectivity index is 2.17. The van der Waals surface area contributed by atoms with Crippen molar-refractivity contribution in [2.75, 3.05) is 5.73 Å². The molecule has 0 bridgehead atoms. The maximum Gasteiger partial charge on any atom is 0.213 e. The number of hydrogen-bond donors (Lipinski definition) is 1. The first-order valence-electron chi connectivity index (χ1n) is 6.22. The van der Waals surface area contributed by atoms with Crippen molar-refractivity contribution >= 4 is 22.8 Å². The van der Waals surface area contributed by atoms with Crippen LogP contribution in [0.25, 0.3) is 0 Å². The Kier molecular flexibility index (Phi) is 4.22. The van der Waals surface area contributed by atoms with Gasteiger partial charge in [-0.3, -0.25) is 4.79 Å². The minimum absolute atomic E-state index is 0.0116. The van der Waals surface area contributed by atoms with Crippen LogP contribution < -0.4 is 10.5 Å². The molecular formula is C15H17NO2S. The number of ether oxygens (including phenoxy) is 1. The second kappa shape index (κ2) is 5.89. The zero-order valence-electron chi connectivity index (χ0n) is 11.1. The zero-order valence-corrected chi connectivity index (χ0v) is 11.9. The highest BCUT2D eigenvalue weighted by Crippen LogP contribution is 2.25. The van der Waals surface area contributed by atoms with Crippen molar-refractivity contribution in [2.45, 2.75) is 26.4 Å². The highest BCUT2D eigenvalue weighted by atomic mass is 32.1. The molecule has 2 rings (SSSR count). The highest BCUT2D eigenvalue weighted by molar-refractivity contribution is 7.12. The molecule has 0 aliphatic heterocycles. The largest absolute Gasteiger partial charge is 0.480 e. The molecule has 1 atom stereocenters. The molecule has 1 unspecified atom stereocenters. The Hall–Kier alpha value is -1.81. The van der Waals surface area contributed by atoms with E-state index in [1.807, 2.05) is 49.6 Å². The molecule has 4 heteroatoms. The lowest BCUT2D eigenvalue weighted by molar-refractivity contribution is 0.0792. The number of aryl methyl sites for hydroxylation is 1. The van der Waals surface area contributed by atoms with Crippen molar-refractivity contribution in [1.29, 1.82) is 0 Å². The molecule has 2 aromatic rings. The number of rotatable bonds is 5. The predicted octanol–water partition coefficient (Wildman–Crippen LogP) is 3.68. The SMILES string of the molecule is CCC(Oc1ccc(C)cc1N)C(=O)c1cccs1. The molecule has 1 heterocycles. The van der Waals surface area contributed by atoms with Crippen molar-refractivity contribution in [3.8, 4) is 5.75 Å². The Morgan fingerprint density at radius 3 is 2.79 bits per heavy atom. The third-order valence-corrected chi connectivity index (χ3v) is 3.75. The number of hydrogen-bond acceptors (Lipinski definition) is 4. The molecule has 0 aliphatic rings. The van der Waals surface area contributed by atoms with Crippen LogP contribution in [-0.4, -0.2) is 11.9 Å². The van der Waals surface area contributed by atoms with Gasteiger partial charge in [-0.2, -0.15) is 0 Å². The van der Waals surface area contributed by atoms with Gasteiger partial charge in [0.15, 0.2) is 6.10 Å². The van der Waals surface area contributed by atoms with Crippen LogP contribution in [0.1, 0.15) is 28.6 Å². The van der Waals surface area contributed by atoms with Gasteiger partial charge in [-0.15, -0.1) is 11.3 Å². The number of thiophene rings is 1. The fourth-order valence-corrected chi connectivity index (χ4v) is 2.54. The predicted molar refractivity (Wildman–Crippen MR) is 78.9 cm³/mol. The quantitative estimate of drug-likeness (QED) is 0.669. The van der Waals surface area contributed by atoms with E-state index >= 15 is 0 Å². The van der Waals surface area contributed by atoms with Gasteiger partial charge in [0, 0.05) is 0 Å². The van der Waals surface area contributed by atoms with Crippen molar-refractivity contribution in [3.63, 3.8) is 0 Å². The van der Waals surface area contributed by atoms with E-state index < -0.39 is 6.10 Å². The van der Waals surface area contributed by atoms with Crippen molar-refractivity contribution in [2.24, 2.45) is 0 Å². The topological polar surface area (TPSA) is 52.3 Å². The number of benzene rings is 1. The Bertz CT molecular complexity index is 564. The van der Waals surface area contributed by atoms with E-state index in [1.54, 1.807) is 0 Å². The number of anilines is 1. The molecule has 3 nitrogen and oxygen atoms in total. The van der Waals surface area contributed by atoms with Gasteiger partial charge in [-0.25, -0.2) is 0 Å². The van der Waals surface area contributed by atoms with E-state index in [-0.39, 0.29) is 5.78 Å². The molecule has 0 radical (unpaired) electrons. The molecule has 100 valence electrons. The van der Waals surface area contributed by atoms with Crippen LogP contribution in [-0.2, 0) is 0 Å². The molecule has 1 aromatic carbocycles. The highest BCUT2D eigenvalue weighted by Gasteiger charge is 2.21. The van der Waals surface area contributed by atoms with Crippen molar-refractivity contribution < 1.29 is 9.53 Å². The Morgan fingerprint density at radius 1 is 1.42 bits per heavy atom. The fraction of sp³-hybridized carbons (Fsp3) is 0.267. The van der Waals surface area contributed by atoms with Crippen LogP contribution in [0.3, 0.4) is 0 Å². The van der Waals surface area contributed by atoms with E-state index in [4.69, 9.17) is 10.5 Å². The molecule has 0 spiro atoms. The Labute approximate surface area is 117 Å². The van der Waals surface area contributed by atoms with Gasteiger partial charge < -0.3 is 10.5 Å². The second-order valence-electron chi connectivity index (χ2n) is 4.40. The maximum atomic E-state index is 12.3. The summed E-state index contributed by atoms with van der Waals surface area (Å²) in [6, 6.07) is 9.27. The van der Waals surface area contributed by atoms with Gasteiger partial charge in [-0.05, 0) is 42.5 Å². The zero-order chi connectivity index (χ0) is 13.8. The third kappa shape index (κ3) is 3.15. The van der Waals surface area contributed by atoms with Gasteiger partial charge >= 0.3 is 0 Å². The first-order valence-corrected chi connectivity index (χ1v) is 7.10. The minimum Gasteiger partial charge on any atom is -0.480 e. The van der Waals surface area contributed by atoms with E-state index in [2.05, 4.69) is 0 Å². The van der Waals surface area contributed by atoms with Gasteiger partial charge in [0.25, 0.3) is 0 Å². The Morgan fingerprint density at radius 2 is 2.21 bits per heavy atom. The van der Waals surface area contributed by atoms with Crippen LogP contribution in [0.2, 0.25) is 0 Å². The van der Waals surface area contributed by atoms with Crippen LogP contribution in [0.15, 0.2) is 35.7 Å². The number of ketones is 1. The van der Waals surface area contributed by atoms with E-state index in [9.17, 15) is 4.79 Å². The van der Waals surface area contributed by atoms with Crippen LogP contribution in [0.4, 0.5) is 5.69 Å². The molecule has 0 saturated heterocycles. The monoisotopic (exact) mass is 275 g/mol. The molecular weight excluding hydrogens is 258 g/mol. The van der Waals surface area contributed by atoms with Crippen LogP contribution in [0.5, 0.6) is 5.75 Å². The number of carbonyl (C=O) groups excluding carboxylic acids is 1. The lowest BCUT2D eigenvalue weighted by atomic mass is 10.1. The number of Topliss-reactive ketones (excluding diaryl/α,β-unsaturated/α-hetero) is 1. The molecule has 1 aromatic heterocycles. The van der Waals surface area contributed by atoms with E-state index in [0.717, 1.165) is 10.4 Å². The summed E-state index contributed by atoms with van der Waals surface area (Å²) in [6.07, 6.45) is 0.132. The van der Waals surface area contributed by atoms with Gasteiger partial charge in [0.2, 0.25) is 5.78 Å². The third-order valence-electron chi connectivity index (χ3n) is 2.86. The summed E-state index contributed by atoms with van der Waals surface area (Å²) < 4.78 is 5.77. The van der Waals surface area contributed by atoms with E-state index in [1.165, 1.54) is 11.3 Å². The molecule has 19 heavy (non-hydrogen) atoms. The van der Waals surface area contributed by atoms with Crippen molar-refractivity contribution in [3.05, 3.63) is 46.2 Å². The summed E-state index contributed by atoms with van der Waals surface area (Å²) >= 11 is 1.43. The average Bonchev–Trinajstić information content (AvgIpc) is 2.91. The van der Waals surface area contributed by atoms with Gasteiger partial charge in [-0.1, -0.05) is 19.1 Å². The standard InChI is InChI=1S/C15H17NO2S/c1-3-12(15(17)14-5-4-8-19-14)18-13-7-6-10(2)9-11(13)16/h4-9,12H,3,16H2,1-2H3. The molecule has 2 N–H and O–H groups in total. The summed E-state index contributed by atoms with van der Waals surface area (Å²) in [5.74, 6) is 0.583. The summed E-state index contributed by atoms with van der Waals surface area (Å²) in [5, 5.41) is 1.89. The lowest BCUT2D eigenvalue weighted by Gasteiger charge is -2.17. The first kappa shape index (κ1) is 13.6. The van der Waals surface area contributed by atoms with E-state index in [0.29, 0.717) is 17.9 Å². The number of nitrogens with two attached hydrogens (primary N) is 1. The van der Waals surface area contributed by atoms with Crippen molar-refractivity contribution in [1.82, 2.24) is 0 Å². The summed E-state index contributed by atoms with van der Waals surface area (Å²) in [5.41, 5.74) is 7.55.